The number of hydrogen-bond acceptors (Lipinski definition) is 3. The summed E-state index contributed by atoms with van der Waals surface area (Å²) in [4.78, 5) is 39.9. The fourth-order valence-corrected chi connectivity index (χ4v) is 9.72. The average Bonchev–Trinajstić information content (AvgIpc) is 2.73. The van der Waals surface area contributed by atoms with Crippen molar-refractivity contribution < 1.29 is 0 Å². The minimum absolute atomic E-state index is 0.538. The Morgan fingerprint density at radius 2 is 1.24 bits per heavy atom. The highest BCUT2D eigenvalue weighted by molar-refractivity contribution is 9.24. The van der Waals surface area contributed by atoms with E-state index < -0.39 is 26.6 Å². The number of hydrogen-bond donors (Lipinski definition) is 0. The zero-order valence-electron chi connectivity index (χ0n) is 15.7. The first-order chi connectivity index (χ1) is 15.2. The molecule has 15 heteroatoms. The van der Waals surface area contributed by atoms with Crippen molar-refractivity contribution in [3.8, 4) is 0 Å². The second-order valence-electron chi connectivity index (χ2n) is 6.86. The second kappa shape index (κ2) is 9.48. The van der Waals surface area contributed by atoms with Crippen LogP contribution in [0.15, 0.2) is 57.8 Å². The highest BCUT2D eigenvalue weighted by Crippen LogP contribution is 2.47. The Balaban J connectivity index is 2.00. The van der Waals surface area contributed by atoms with Gasteiger partial charge >= 0.3 is 17.1 Å². The van der Waals surface area contributed by atoms with Gasteiger partial charge in [0.2, 0.25) is 0 Å². The molecule has 33 heavy (non-hydrogen) atoms. The normalized spacial score (nSPS) is 13.4. The summed E-state index contributed by atoms with van der Waals surface area (Å²) in [5.41, 5.74) is -0.271. The van der Waals surface area contributed by atoms with Gasteiger partial charge in [-0.3, -0.25) is 0 Å². The maximum Gasteiger partial charge on any atom is 0.340 e. The molecule has 1 aromatic heterocycles. The number of aromatic nitrogens is 3. The van der Waals surface area contributed by atoms with Gasteiger partial charge in [0, 0.05) is 42.4 Å². The van der Waals surface area contributed by atoms with Crippen LogP contribution in [0.25, 0.3) is 0 Å². The first-order valence-electron chi connectivity index (χ1n) is 8.59. The topological polar surface area (TPSA) is 66.0 Å². The number of halogens is 9. The molecule has 6 nitrogen and oxygen atoms in total. The fourth-order valence-electron chi connectivity index (χ4n) is 3.43. The van der Waals surface area contributed by atoms with E-state index in [-0.39, 0.29) is 0 Å². The van der Waals surface area contributed by atoms with Crippen LogP contribution in [0.2, 0.25) is 0 Å². The van der Waals surface area contributed by atoms with Gasteiger partial charge in [0.25, 0.3) is 0 Å². The fraction of sp³-hybridized carbons (Fsp3) is 0.167. The van der Waals surface area contributed by atoms with E-state index in [2.05, 4.69) is 143 Å². The summed E-state index contributed by atoms with van der Waals surface area (Å²) in [6.45, 7) is 1.87. The van der Waals surface area contributed by atoms with E-state index in [4.69, 9.17) is 0 Å². The Hall–Kier alpha value is 1.17. The zero-order chi connectivity index (χ0) is 24.7. The molecular weight excluding hydrogens is 1030 g/mol. The van der Waals surface area contributed by atoms with Crippen molar-refractivity contribution in [3.63, 3.8) is 0 Å². The summed E-state index contributed by atoms with van der Waals surface area (Å²) in [6, 6.07) is 3.50. The minimum atomic E-state index is -1.43. The van der Waals surface area contributed by atoms with E-state index >= 15 is 0 Å². The molecule has 0 aliphatic carbocycles. The molecule has 0 saturated carbocycles. The molecule has 0 saturated heterocycles. The lowest BCUT2D eigenvalue weighted by Gasteiger charge is -2.35. The number of fused-ring (bicyclic) bond motifs is 2. The van der Waals surface area contributed by atoms with Gasteiger partial charge in [-0.1, -0.05) is 22.0 Å². The van der Waals surface area contributed by atoms with Crippen LogP contribution in [0, 0.1) is 6.92 Å². The molecule has 2 aliphatic heterocycles. The summed E-state index contributed by atoms with van der Waals surface area (Å²) in [6.07, 6.45) is -0.906. The monoisotopic (exact) mass is 1020 g/mol. The molecule has 0 fully saturated rings. The smallest absolute Gasteiger partial charge is 0.247 e. The maximum atomic E-state index is 13.5. The number of nitrogens with zero attached hydrogens (tertiary/aromatic N) is 3. The third-order valence-electron chi connectivity index (χ3n) is 5.11. The largest absolute Gasteiger partial charge is 0.340 e. The van der Waals surface area contributed by atoms with Gasteiger partial charge in [0.15, 0.2) is 9.52 Å². The van der Waals surface area contributed by atoms with E-state index in [1.54, 1.807) is 12.1 Å². The molecule has 0 spiro atoms. The van der Waals surface area contributed by atoms with E-state index in [0.29, 0.717) is 33.5 Å². The molecule has 0 unspecified atom stereocenters. The lowest BCUT2D eigenvalue weighted by Crippen LogP contribution is -2.68. The van der Waals surface area contributed by atoms with Crippen molar-refractivity contribution in [3.05, 3.63) is 91.6 Å². The van der Waals surface area contributed by atoms with Crippen molar-refractivity contribution in [2.45, 2.75) is 16.4 Å². The third kappa shape index (κ3) is 3.96. The lowest BCUT2D eigenvalue weighted by molar-refractivity contribution is 0.278. The van der Waals surface area contributed by atoms with Crippen LogP contribution in [0.1, 0.15) is 22.9 Å². The molecule has 2 aliphatic rings. The van der Waals surface area contributed by atoms with Gasteiger partial charge in [-0.25, -0.2) is 28.1 Å². The maximum absolute atomic E-state index is 13.5. The van der Waals surface area contributed by atoms with Crippen molar-refractivity contribution in [1.29, 1.82) is 0 Å². The van der Waals surface area contributed by atoms with Crippen molar-refractivity contribution in [1.82, 2.24) is 13.7 Å². The molecule has 2 aromatic carbocycles. The van der Waals surface area contributed by atoms with Crippen molar-refractivity contribution in [2.75, 3.05) is 0 Å². The molecule has 0 N–H and O–H groups in total. The number of rotatable bonds is 3. The summed E-state index contributed by atoms with van der Waals surface area (Å²) >= 11 is 31.5. The SMILES string of the molecule is Cc1c(Br)c(Br)c(Br)c(C2n3c(=O)n2c(=O)n(C(Br)(Br)c2ccc(Br)c(Br)c2Br)c3=O)c1Br. The van der Waals surface area contributed by atoms with Gasteiger partial charge < -0.3 is 0 Å². The molecule has 0 amide bonds. The minimum Gasteiger partial charge on any atom is -0.247 e. The van der Waals surface area contributed by atoms with Gasteiger partial charge in [-0.05, 0) is 146 Å². The summed E-state index contributed by atoms with van der Waals surface area (Å²) in [7, 11) is 0. The molecule has 3 heterocycles. The highest BCUT2D eigenvalue weighted by Gasteiger charge is 2.44. The first-order valence-corrected chi connectivity index (χ1v) is 15.7. The molecule has 0 radical (unpaired) electrons. The van der Waals surface area contributed by atoms with Gasteiger partial charge in [-0.2, -0.15) is 0 Å². The average molecular weight is 1030 g/mol. The first kappa shape index (κ1) is 27.2. The molecular formula is C18H6Br9N3O3. The highest BCUT2D eigenvalue weighted by atomic mass is 79.9. The van der Waals surface area contributed by atoms with Crippen LogP contribution < -0.4 is 17.1 Å². The van der Waals surface area contributed by atoms with Gasteiger partial charge in [0.1, 0.15) is 0 Å². The summed E-state index contributed by atoms with van der Waals surface area (Å²) in [5, 5.41) is 0. The van der Waals surface area contributed by atoms with Crippen molar-refractivity contribution >= 4 is 143 Å². The Kier molecular flexibility index (Phi) is 7.82. The molecule has 5 rings (SSSR count). The predicted octanol–water partition coefficient (Wildman–Crippen LogP) is 7.67. The molecule has 174 valence electrons. The number of alkyl halides is 2. The lowest BCUT2D eigenvalue weighted by atomic mass is 10.1. The van der Waals surface area contributed by atoms with E-state index in [0.717, 1.165) is 28.2 Å². The Labute approximate surface area is 261 Å². The quantitative estimate of drug-likeness (QED) is 0.120. The van der Waals surface area contributed by atoms with Crippen LogP contribution in [0.3, 0.4) is 0 Å². The standard InChI is InChI=1S/C18H6Br9N3O3/c1-4-8(20)7(12(24)13(25)9(4)21)14-28-15(31)29(14)17(33)30(16(28)32)18(26,27)5-2-3-6(19)11(23)10(5)22/h2-3,14H,1H3. The van der Waals surface area contributed by atoms with Crippen LogP contribution in [0.5, 0.6) is 0 Å². The molecule has 2 bridgehead atoms. The van der Waals surface area contributed by atoms with Crippen LogP contribution in [-0.2, 0) is 3.36 Å². The zero-order valence-corrected chi connectivity index (χ0v) is 30.0. The van der Waals surface area contributed by atoms with E-state index in [1.165, 1.54) is 0 Å². The Morgan fingerprint density at radius 1 is 0.697 bits per heavy atom. The summed E-state index contributed by atoms with van der Waals surface area (Å²) < 4.78 is 6.48. The second-order valence-corrected chi connectivity index (χ2v) is 15.8. The van der Waals surface area contributed by atoms with E-state index in [1.807, 2.05) is 6.92 Å². The summed E-state index contributed by atoms with van der Waals surface area (Å²) in [5.74, 6) is 0. The Bertz CT molecular complexity index is 1480. The van der Waals surface area contributed by atoms with E-state index in [9.17, 15) is 14.4 Å². The van der Waals surface area contributed by atoms with Crippen molar-refractivity contribution in [2.24, 2.45) is 0 Å². The molecule has 3 aromatic rings. The molecule has 0 atom stereocenters. The van der Waals surface area contributed by atoms with Gasteiger partial charge in [-0.15, -0.1) is 0 Å². The number of benzene rings is 2. The Morgan fingerprint density at radius 3 is 1.79 bits per heavy atom. The van der Waals surface area contributed by atoms with Crippen LogP contribution in [0.4, 0.5) is 0 Å². The van der Waals surface area contributed by atoms with Crippen LogP contribution in [-0.4, -0.2) is 13.7 Å². The van der Waals surface area contributed by atoms with Gasteiger partial charge in [0.05, 0.1) is 0 Å². The van der Waals surface area contributed by atoms with Crippen LogP contribution >= 0.6 is 143 Å². The predicted molar refractivity (Wildman–Crippen MR) is 159 cm³/mol. The third-order valence-corrected chi connectivity index (χ3v) is 14.7.